The van der Waals surface area contributed by atoms with Crippen LogP contribution in [0, 0.1) is 0 Å². The van der Waals surface area contributed by atoms with Gasteiger partial charge in [0.05, 0.1) is 10.7 Å². The Kier molecular flexibility index (Phi) is 5.52. The predicted molar refractivity (Wildman–Crippen MR) is 105 cm³/mol. The number of piperidine rings is 1. The van der Waals surface area contributed by atoms with Crippen molar-refractivity contribution in [1.29, 1.82) is 0 Å². The summed E-state index contributed by atoms with van der Waals surface area (Å²) in [6.45, 7) is 1.57. The highest BCUT2D eigenvalue weighted by atomic mass is 35.5. The minimum absolute atomic E-state index is 0.181. The highest BCUT2D eigenvalue weighted by Gasteiger charge is 2.31. The molecule has 8 heteroatoms. The number of nitrogens with one attached hydrogen (secondary N) is 2. The maximum atomic E-state index is 12.3. The van der Waals surface area contributed by atoms with Gasteiger partial charge in [-0.15, -0.1) is 13.2 Å². The maximum absolute atomic E-state index is 12.3. The van der Waals surface area contributed by atoms with Crippen LogP contribution in [0.25, 0.3) is 11.3 Å². The number of aromatic nitrogens is 2. The normalized spacial score (nSPS) is 19.9. The van der Waals surface area contributed by atoms with Crippen molar-refractivity contribution >= 4 is 11.6 Å². The van der Waals surface area contributed by atoms with Crippen LogP contribution >= 0.6 is 11.6 Å². The lowest BCUT2D eigenvalue weighted by molar-refractivity contribution is -0.274. The zero-order valence-corrected chi connectivity index (χ0v) is 16.1. The minimum atomic E-state index is -4.68. The van der Waals surface area contributed by atoms with Crippen molar-refractivity contribution in [3.05, 3.63) is 70.9 Å². The zero-order chi connectivity index (χ0) is 20.4. The van der Waals surface area contributed by atoms with E-state index in [0.29, 0.717) is 5.02 Å². The first-order valence-electron chi connectivity index (χ1n) is 9.25. The van der Waals surface area contributed by atoms with E-state index in [-0.39, 0.29) is 17.6 Å². The molecule has 2 atom stereocenters. The van der Waals surface area contributed by atoms with E-state index < -0.39 is 6.36 Å². The fraction of sp³-hybridized carbons (Fsp3) is 0.286. The topological polar surface area (TPSA) is 49.9 Å². The number of benzene rings is 2. The van der Waals surface area contributed by atoms with Gasteiger partial charge in [0, 0.05) is 30.3 Å². The number of aromatic amines is 1. The van der Waals surface area contributed by atoms with Gasteiger partial charge in [-0.25, -0.2) is 0 Å². The molecule has 2 N–H and O–H groups in total. The lowest BCUT2D eigenvalue weighted by Crippen LogP contribution is -2.34. The van der Waals surface area contributed by atoms with Gasteiger partial charge in [0.2, 0.25) is 0 Å². The molecule has 152 valence electrons. The fourth-order valence-corrected chi connectivity index (χ4v) is 3.96. The predicted octanol–water partition coefficient (Wildman–Crippen LogP) is 5.49. The van der Waals surface area contributed by atoms with Gasteiger partial charge < -0.3 is 10.1 Å². The summed E-state index contributed by atoms with van der Waals surface area (Å²) in [4.78, 5) is 0. The summed E-state index contributed by atoms with van der Waals surface area (Å²) in [7, 11) is 0. The van der Waals surface area contributed by atoms with Crippen LogP contribution in [0.1, 0.15) is 29.5 Å². The van der Waals surface area contributed by atoms with Crippen LogP contribution in [0.5, 0.6) is 5.75 Å². The van der Waals surface area contributed by atoms with Crippen LogP contribution < -0.4 is 10.1 Å². The Morgan fingerprint density at radius 3 is 2.45 bits per heavy atom. The average molecular weight is 422 g/mol. The van der Waals surface area contributed by atoms with Gasteiger partial charge in [0.25, 0.3) is 0 Å². The van der Waals surface area contributed by atoms with E-state index in [1.807, 2.05) is 30.3 Å². The van der Waals surface area contributed by atoms with Crippen LogP contribution in [0.2, 0.25) is 5.02 Å². The quantitative estimate of drug-likeness (QED) is 0.585. The van der Waals surface area contributed by atoms with E-state index in [4.69, 9.17) is 11.6 Å². The number of alkyl halides is 3. The summed E-state index contributed by atoms with van der Waals surface area (Å²) in [5.74, 6) is 0.184. The standard InChI is InChI=1S/C21H19ClF3N3O/c22-18-4-2-1-3-17(18)20-10-19(27-28-20)15-9-14(11-26-12-15)13-5-7-16(8-6-13)29-21(23,24)25/h1-8,10,14-15,26H,9,11-12H2,(H,27,28). The first kappa shape index (κ1) is 19.8. The second kappa shape index (κ2) is 8.08. The van der Waals surface area contributed by atoms with E-state index >= 15 is 0 Å². The van der Waals surface area contributed by atoms with Crippen molar-refractivity contribution < 1.29 is 17.9 Å². The maximum Gasteiger partial charge on any atom is 0.573 e. The first-order chi connectivity index (χ1) is 13.9. The lowest BCUT2D eigenvalue weighted by Gasteiger charge is -2.29. The summed E-state index contributed by atoms with van der Waals surface area (Å²) >= 11 is 6.26. The van der Waals surface area contributed by atoms with Crippen molar-refractivity contribution in [3.8, 4) is 17.0 Å². The molecule has 4 nitrogen and oxygen atoms in total. The van der Waals surface area contributed by atoms with Crippen LogP contribution in [0.3, 0.4) is 0 Å². The zero-order valence-electron chi connectivity index (χ0n) is 15.3. The first-order valence-corrected chi connectivity index (χ1v) is 9.63. The molecule has 0 radical (unpaired) electrons. The highest BCUT2D eigenvalue weighted by Crippen LogP contribution is 2.35. The Labute approximate surface area is 171 Å². The fourth-order valence-electron chi connectivity index (χ4n) is 3.73. The van der Waals surface area contributed by atoms with E-state index in [2.05, 4.69) is 20.3 Å². The van der Waals surface area contributed by atoms with E-state index in [1.165, 1.54) is 12.1 Å². The third-order valence-corrected chi connectivity index (χ3v) is 5.45. The third kappa shape index (κ3) is 4.74. The van der Waals surface area contributed by atoms with Gasteiger partial charge in [-0.1, -0.05) is 41.9 Å². The Morgan fingerprint density at radius 2 is 1.72 bits per heavy atom. The van der Waals surface area contributed by atoms with Gasteiger partial charge in [0.1, 0.15) is 5.75 Å². The second-order valence-electron chi connectivity index (χ2n) is 7.09. The van der Waals surface area contributed by atoms with Crippen LogP contribution in [-0.4, -0.2) is 29.6 Å². The van der Waals surface area contributed by atoms with E-state index in [1.54, 1.807) is 12.1 Å². The largest absolute Gasteiger partial charge is 0.573 e. The van der Waals surface area contributed by atoms with Gasteiger partial charge in [0.15, 0.2) is 0 Å². The van der Waals surface area contributed by atoms with Gasteiger partial charge in [-0.05, 0) is 42.2 Å². The van der Waals surface area contributed by atoms with Gasteiger partial charge in [-0.2, -0.15) is 5.10 Å². The smallest absolute Gasteiger partial charge is 0.406 e. The molecule has 2 aromatic carbocycles. The Bertz CT molecular complexity index is 972. The number of halogens is 4. The van der Waals surface area contributed by atoms with E-state index in [0.717, 1.165) is 42.0 Å². The highest BCUT2D eigenvalue weighted by molar-refractivity contribution is 6.33. The molecule has 1 fully saturated rings. The molecular formula is C21H19ClF3N3O. The van der Waals surface area contributed by atoms with Crippen LogP contribution in [-0.2, 0) is 0 Å². The number of ether oxygens (including phenoxy) is 1. The van der Waals surface area contributed by atoms with Gasteiger partial charge in [-0.3, -0.25) is 5.10 Å². The summed E-state index contributed by atoms with van der Waals surface area (Å²) in [6, 6.07) is 15.7. The van der Waals surface area contributed by atoms with Crippen molar-refractivity contribution in [2.75, 3.05) is 13.1 Å². The van der Waals surface area contributed by atoms with E-state index in [9.17, 15) is 13.2 Å². The van der Waals surface area contributed by atoms with Crippen LogP contribution in [0.15, 0.2) is 54.6 Å². The molecule has 3 aromatic rings. The minimum Gasteiger partial charge on any atom is -0.406 e. The van der Waals surface area contributed by atoms with Crippen LogP contribution in [0.4, 0.5) is 13.2 Å². The monoisotopic (exact) mass is 421 g/mol. The average Bonchev–Trinajstić information content (AvgIpc) is 3.18. The third-order valence-electron chi connectivity index (χ3n) is 5.12. The Morgan fingerprint density at radius 1 is 1.00 bits per heavy atom. The molecule has 29 heavy (non-hydrogen) atoms. The summed E-state index contributed by atoms with van der Waals surface area (Å²) in [5.41, 5.74) is 3.65. The molecule has 2 unspecified atom stereocenters. The summed E-state index contributed by atoms with van der Waals surface area (Å²) in [5, 5.41) is 11.6. The van der Waals surface area contributed by atoms with Crippen molar-refractivity contribution in [2.24, 2.45) is 0 Å². The molecule has 1 aliphatic rings. The molecule has 1 aromatic heterocycles. The molecule has 4 rings (SSSR count). The number of hydrogen-bond acceptors (Lipinski definition) is 3. The molecule has 0 saturated carbocycles. The number of nitrogens with zero attached hydrogens (tertiary/aromatic N) is 1. The van der Waals surface area contributed by atoms with Crippen molar-refractivity contribution in [3.63, 3.8) is 0 Å². The Hall–Kier alpha value is -2.51. The molecule has 1 aliphatic heterocycles. The molecule has 0 amide bonds. The molecule has 2 heterocycles. The number of hydrogen-bond donors (Lipinski definition) is 2. The summed E-state index contributed by atoms with van der Waals surface area (Å²) in [6.07, 6.45) is -3.82. The van der Waals surface area contributed by atoms with Crippen molar-refractivity contribution in [1.82, 2.24) is 15.5 Å². The molecular weight excluding hydrogens is 403 g/mol. The molecule has 1 saturated heterocycles. The lowest BCUT2D eigenvalue weighted by atomic mass is 9.84. The molecule has 0 spiro atoms. The SMILES string of the molecule is FC(F)(F)Oc1ccc(C2CNCC(c3cc(-c4ccccc4Cl)n[nH]3)C2)cc1. The number of rotatable bonds is 4. The van der Waals surface area contributed by atoms with Gasteiger partial charge >= 0.3 is 6.36 Å². The second-order valence-corrected chi connectivity index (χ2v) is 7.50. The summed E-state index contributed by atoms with van der Waals surface area (Å²) < 4.78 is 41.0. The molecule has 0 bridgehead atoms. The Balaban J connectivity index is 1.47. The van der Waals surface area contributed by atoms with Crippen molar-refractivity contribution in [2.45, 2.75) is 24.6 Å². The molecule has 0 aliphatic carbocycles. The number of H-pyrrole nitrogens is 1.